The first-order valence-electron chi connectivity index (χ1n) is 13.5. The number of fused-ring (bicyclic) bond motifs is 1. The second-order valence-corrected chi connectivity index (χ2v) is 12.6. The molecule has 0 saturated carbocycles. The van der Waals surface area contributed by atoms with Crippen LogP contribution in [0, 0.1) is 0 Å². The quantitative estimate of drug-likeness (QED) is 0.128. The lowest BCUT2D eigenvalue weighted by molar-refractivity contribution is -0.103. The van der Waals surface area contributed by atoms with Crippen LogP contribution in [-0.2, 0) is 0 Å². The Morgan fingerprint density at radius 1 is 1.02 bits per heavy atom. The Morgan fingerprint density at radius 2 is 1.82 bits per heavy atom. The summed E-state index contributed by atoms with van der Waals surface area (Å²) in [6.07, 6.45) is 9.43. The fraction of sp³-hybridized carbons (Fsp3) is 0.0938. The molecule has 12 heteroatoms. The third-order valence-electron chi connectivity index (χ3n) is 6.62. The van der Waals surface area contributed by atoms with E-state index in [4.69, 9.17) is 27.5 Å². The van der Waals surface area contributed by atoms with Crippen molar-refractivity contribution in [2.75, 3.05) is 22.9 Å². The molecule has 2 aromatic heterocycles. The number of pyridine rings is 1. The molecule has 0 fully saturated rings. The highest BCUT2D eigenvalue weighted by atomic mass is 35.5. The van der Waals surface area contributed by atoms with Crippen LogP contribution < -0.4 is 25.9 Å². The zero-order chi connectivity index (χ0) is 31.3. The van der Waals surface area contributed by atoms with Crippen molar-refractivity contribution in [3.05, 3.63) is 108 Å². The van der Waals surface area contributed by atoms with E-state index in [-0.39, 0.29) is 5.91 Å². The second-order valence-electron chi connectivity index (χ2n) is 9.74. The Bertz CT molecular complexity index is 1880. The highest BCUT2D eigenvalue weighted by Crippen LogP contribution is 2.53. The number of benzene rings is 3. The van der Waals surface area contributed by atoms with Crippen molar-refractivity contribution in [2.45, 2.75) is 11.8 Å². The van der Waals surface area contributed by atoms with E-state index < -0.39 is 10.5 Å². The van der Waals surface area contributed by atoms with Crippen molar-refractivity contribution in [3.63, 3.8) is 0 Å². The average Bonchev–Trinajstić information content (AvgIpc) is 3.02. The van der Waals surface area contributed by atoms with E-state index >= 15 is 0 Å². The number of carbonyl (C=O) groups is 1. The van der Waals surface area contributed by atoms with Crippen molar-refractivity contribution < 1.29 is 19.5 Å². The van der Waals surface area contributed by atoms with Crippen molar-refractivity contribution in [2.24, 2.45) is 5.73 Å². The van der Waals surface area contributed by atoms with Gasteiger partial charge in [0.2, 0.25) is 0 Å². The first kappa shape index (κ1) is 30.5. The summed E-state index contributed by atoms with van der Waals surface area (Å²) in [5.74, 6) is 0.193. The molecule has 0 radical (unpaired) electrons. The van der Waals surface area contributed by atoms with Crippen LogP contribution in [0.2, 0.25) is 5.02 Å². The molecule has 0 aliphatic carbocycles. The molecule has 0 bridgehead atoms. The fourth-order valence-electron chi connectivity index (χ4n) is 4.47. The summed E-state index contributed by atoms with van der Waals surface area (Å²) >= 11 is 5.96. The molecule has 3 aromatic carbocycles. The molecule has 224 valence electrons. The summed E-state index contributed by atoms with van der Waals surface area (Å²) in [6.45, 7) is 2.26. The van der Waals surface area contributed by atoms with E-state index in [1.165, 1.54) is 12.4 Å². The predicted molar refractivity (Wildman–Crippen MR) is 178 cm³/mol. The van der Waals surface area contributed by atoms with Crippen LogP contribution in [0.25, 0.3) is 27.7 Å². The number of nitrogens with zero attached hydrogens (tertiary/aromatic N) is 3. The molecule has 5 rings (SSSR count). The van der Waals surface area contributed by atoms with Gasteiger partial charge in [0.25, 0.3) is 5.91 Å². The number of allylic oxidation sites excluding steroid dienone is 1. The van der Waals surface area contributed by atoms with E-state index in [0.717, 1.165) is 11.1 Å². The maximum atomic E-state index is 12.8. The number of hydrogen-bond donors (Lipinski definition) is 5. The number of halogens is 1. The minimum Gasteiger partial charge on any atom is -0.493 e. The Morgan fingerprint density at radius 3 is 2.55 bits per heavy atom. The normalized spacial score (nSPS) is 13.5. The van der Waals surface area contributed by atoms with Crippen LogP contribution in [0.15, 0.2) is 96.4 Å². The van der Waals surface area contributed by atoms with Gasteiger partial charge in [0.05, 0.1) is 51.9 Å². The first-order valence-corrected chi connectivity index (χ1v) is 15.9. The zero-order valence-corrected chi connectivity index (χ0v) is 25.6. The smallest absolute Gasteiger partial charge is 0.255 e. The first-order chi connectivity index (χ1) is 21.2. The maximum Gasteiger partial charge on any atom is 0.255 e. The lowest BCUT2D eigenvalue weighted by atomic mass is 10.1. The molecule has 0 aliphatic heterocycles. The number of hydrogen-bond acceptors (Lipinski definition) is 8. The number of rotatable bonds is 10. The maximum absolute atomic E-state index is 12.8. The number of carbonyl (C=O) groups excluding carboxylic acids is 1. The van der Waals surface area contributed by atoms with Crippen molar-refractivity contribution in [1.29, 1.82) is 0 Å². The molecule has 44 heavy (non-hydrogen) atoms. The van der Waals surface area contributed by atoms with Gasteiger partial charge in [-0.05, 0) is 83.6 Å². The van der Waals surface area contributed by atoms with Gasteiger partial charge in [-0.15, -0.1) is 0 Å². The van der Waals surface area contributed by atoms with Gasteiger partial charge < -0.3 is 25.1 Å². The molecule has 1 atom stereocenters. The number of anilines is 2. The highest BCUT2D eigenvalue weighted by molar-refractivity contribution is 8.29. The van der Waals surface area contributed by atoms with Crippen LogP contribution in [0.1, 0.15) is 23.0 Å². The minimum absolute atomic E-state index is 0.306. The summed E-state index contributed by atoms with van der Waals surface area (Å²) in [6, 6.07) is 19.4. The second kappa shape index (κ2) is 13.1. The van der Waals surface area contributed by atoms with Gasteiger partial charge in [-0.2, -0.15) is 0 Å². The van der Waals surface area contributed by atoms with Crippen LogP contribution >= 0.6 is 22.1 Å². The predicted octanol–water partition coefficient (Wildman–Crippen LogP) is 5.42. The fourth-order valence-corrected chi connectivity index (χ4v) is 6.15. The summed E-state index contributed by atoms with van der Waals surface area (Å²) < 4.78 is 20.9. The van der Waals surface area contributed by atoms with Crippen LogP contribution in [0.3, 0.4) is 0 Å². The number of ether oxygens (including phenoxy) is 1. The monoisotopic (exact) mass is 628 g/mol. The van der Waals surface area contributed by atoms with Gasteiger partial charge in [-0.3, -0.25) is 20.2 Å². The van der Waals surface area contributed by atoms with Crippen LogP contribution in [0.4, 0.5) is 11.4 Å². The molecule has 1 amide bonds. The van der Waals surface area contributed by atoms with E-state index in [2.05, 4.69) is 25.0 Å². The number of amides is 1. The van der Waals surface area contributed by atoms with Crippen molar-refractivity contribution in [1.82, 2.24) is 15.0 Å². The van der Waals surface area contributed by atoms with Gasteiger partial charge >= 0.3 is 0 Å². The summed E-state index contributed by atoms with van der Waals surface area (Å²) in [5.41, 5.74) is 11.4. The van der Waals surface area contributed by atoms with Gasteiger partial charge in [-0.1, -0.05) is 17.7 Å². The summed E-state index contributed by atoms with van der Waals surface area (Å²) in [5, 5.41) is 9.09. The molecule has 1 unspecified atom stereocenters. The summed E-state index contributed by atoms with van der Waals surface area (Å²) in [7, 11) is -2.69. The third-order valence-corrected chi connectivity index (χ3v) is 8.68. The molecular formula is C32H31ClN7O3S+. The van der Waals surface area contributed by atoms with Gasteiger partial charge in [0.1, 0.15) is 5.75 Å². The Labute approximate surface area is 261 Å². The Hall–Kier alpha value is -4.97. The minimum atomic E-state index is -2.69. The third kappa shape index (κ3) is 6.81. The molecule has 0 spiro atoms. The van der Waals surface area contributed by atoms with E-state index in [1.807, 2.05) is 31.2 Å². The lowest BCUT2D eigenvalue weighted by Gasteiger charge is -2.33. The standard InChI is InChI=1S/C32H30ClN7O3S/c1-3-43-30-11-9-25(38-32(41)20-4-7-24(33)8-5-20)14-31(30)44(2,42)40-26-12-22(17-36-18-26)21-6-10-27-28(13-21)39-29(19-37-27)23(15-34)16-35/h4-19,34,40,42H,3,35H2,1-2H3,(H,38,41)/p+1/b23-16+,34-15?. The Kier molecular flexibility index (Phi) is 9.09. The molecule has 0 saturated heterocycles. The SMILES string of the molecule is CCOc1ccc(NC(=O)c2ccc(Cl)cc2)cc1S(C)(O)Nc1cncc(-c2ccc3ncc(/C(C=[NH2+])=C/N)nc3c2)c1. The van der Waals surface area contributed by atoms with E-state index in [0.29, 0.717) is 61.5 Å². The molecule has 2 heterocycles. The van der Waals surface area contributed by atoms with Crippen LogP contribution in [0.5, 0.6) is 5.75 Å². The van der Waals surface area contributed by atoms with E-state index in [9.17, 15) is 9.35 Å². The Balaban J connectivity index is 1.43. The average molecular weight is 629 g/mol. The van der Waals surface area contributed by atoms with E-state index in [1.54, 1.807) is 67.3 Å². The van der Waals surface area contributed by atoms with Crippen LogP contribution in [-0.4, -0.2) is 44.5 Å². The number of aromatic nitrogens is 3. The highest BCUT2D eigenvalue weighted by Gasteiger charge is 2.24. The molecular weight excluding hydrogens is 598 g/mol. The lowest BCUT2D eigenvalue weighted by Crippen LogP contribution is -2.30. The molecule has 0 aliphatic rings. The number of nitrogens with one attached hydrogen (secondary N) is 2. The molecule has 7 N–H and O–H groups in total. The zero-order valence-electron chi connectivity index (χ0n) is 24.0. The largest absolute Gasteiger partial charge is 0.493 e. The van der Waals surface area contributed by atoms with Gasteiger partial charge in [-0.25, -0.2) is 4.98 Å². The molecule has 5 aromatic rings. The van der Waals surface area contributed by atoms with Gasteiger partial charge in [0, 0.05) is 40.5 Å². The topological polar surface area (TPSA) is 161 Å². The van der Waals surface area contributed by atoms with Crippen molar-refractivity contribution >= 4 is 62.2 Å². The van der Waals surface area contributed by atoms with Gasteiger partial charge in [0.15, 0.2) is 6.21 Å². The van der Waals surface area contributed by atoms with Crippen molar-refractivity contribution in [3.8, 4) is 16.9 Å². The molecule has 10 nitrogen and oxygen atoms in total. The summed E-state index contributed by atoms with van der Waals surface area (Å²) in [4.78, 5) is 26.9. The number of nitrogens with two attached hydrogens (primary N) is 2.